The van der Waals surface area contributed by atoms with E-state index in [1.54, 1.807) is 0 Å². The lowest BCUT2D eigenvalue weighted by molar-refractivity contribution is -0.130. The van der Waals surface area contributed by atoms with Gasteiger partial charge in [0.2, 0.25) is 5.91 Å². The first-order valence-corrected chi connectivity index (χ1v) is 5.76. The van der Waals surface area contributed by atoms with Gasteiger partial charge in [0.1, 0.15) is 0 Å². The van der Waals surface area contributed by atoms with Crippen LogP contribution in [0.2, 0.25) is 0 Å². The van der Waals surface area contributed by atoms with E-state index in [1.165, 1.54) is 0 Å². The van der Waals surface area contributed by atoms with Crippen molar-refractivity contribution in [2.45, 2.75) is 46.0 Å². The van der Waals surface area contributed by atoms with E-state index in [-0.39, 0.29) is 0 Å². The number of amides is 1. The molecule has 0 atom stereocenters. The highest BCUT2D eigenvalue weighted by Crippen LogP contribution is 2.30. The zero-order valence-electron chi connectivity index (χ0n) is 9.88. The Morgan fingerprint density at radius 2 is 2.20 bits per heavy atom. The van der Waals surface area contributed by atoms with Crippen LogP contribution in [0.25, 0.3) is 0 Å². The van der Waals surface area contributed by atoms with Gasteiger partial charge in [0.05, 0.1) is 0 Å². The summed E-state index contributed by atoms with van der Waals surface area (Å²) < 4.78 is 0. The molecular formula is C13H21NO. The Hall–Kier alpha value is -0.970. The standard InChI is InChI=1S/C13H21NO/c1-4-5-6-10-14-11-9-13(2,3)8-7-12(14)15/h1H,5-11H2,2-3H3. The van der Waals surface area contributed by atoms with Crippen molar-refractivity contribution in [2.24, 2.45) is 5.41 Å². The highest BCUT2D eigenvalue weighted by Gasteiger charge is 2.26. The van der Waals surface area contributed by atoms with E-state index < -0.39 is 0 Å². The number of carbonyl (C=O) groups excluding carboxylic acids is 1. The lowest BCUT2D eigenvalue weighted by Crippen LogP contribution is -2.31. The van der Waals surface area contributed by atoms with Crippen LogP contribution >= 0.6 is 0 Å². The molecule has 0 N–H and O–H groups in total. The molecule has 1 saturated heterocycles. The van der Waals surface area contributed by atoms with E-state index >= 15 is 0 Å². The fourth-order valence-electron chi connectivity index (χ4n) is 1.90. The summed E-state index contributed by atoms with van der Waals surface area (Å²) in [5.41, 5.74) is 0.316. The van der Waals surface area contributed by atoms with Crippen LogP contribution in [0.5, 0.6) is 0 Å². The molecule has 1 rings (SSSR count). The van der Waals surface area contributed by atoms with Crippen molar-refractivity contribution < 1.29 is 4.79 Å². The Bertz CT molecular complexity index is 262. The van der Waals surface area contributed by atoms with Crippen LogP contribution in [0.4, 0.5) is 0 Å². The Labute approximate surface area is 93.0 Å². The summed E-state index contributed by atoms with van der Waals surface area (Å²) in [6.07, 6.45) is 9.72. The van der Waals surface area contributed by atoms with Crippen molar-refractivity contribution in [1.82, 2.24) is 4.90 Å². The highest BCUT2D eigenvalue weighted by molar-refractivity contribution is 5.76. The van der Waals surface area contributed by atoms with Crippen molar-refractivity contribution in [3.05, 3.63) is 0 Å². The first kappa shape index (κ1) is 12.1. The van der Waals surface area contributed by atoms with E-state index in [4.69, 9.17) is 6.42 Å². The second kappa shape index (κ2) is 5.21. The summed E-state index contributed by atoms with van der Waals surface area (Å²) in [6.45, 7) is 6.21. The fourth-order valence-corrected chi connectivity index (χ4v) is 1.90. The summed E-state index contributed by atoms with van der Waals surface area (Å²) in [6, 6.07) is 0. The van der Waals surface area contributed by atoms with E-state index in [2.05, 4.69) is 19.8 Å². The Morgan fingerprint density at radius 3 is 2.87 bits per heavy atom. The maximum absolute atomic E-state index is 11.8. The minimum Gasteiger partial charge on any atom is -0.343 e. The molecule has 84 valence electrons. The largest absolute Gasteiger partial charge is 0.343 e. The number of likely N-dealkylation sites (tertiary alicyclic amines) is 1. The van der Waals surface area contributed by atoms with Crippen LogP contribution in [-0.2, 0) is 4.79 Å². The molecule has 0 unspecified atom stereocenters. The molecule has 0 aromatic heterocycles. The SMILES string of the molecule is C#CCCCN1CCC(C)(C)CCC1=O. The van der Waals surface area contributed by atoms with Gasteiger partial charge in [-0.2, -0.15) is 0 Å². The molecule has 0 saturated carbocycles. The number of unbranched alkanes of at least 4 members (excludes halogenated alkanes) is 1. The predicted molar refractivity (Wildman–Crippen MR) is 62.3 cm³/mol. The maximum atomic E-state index is 11.8. The summed E-state index contributed by atoms with van der Waals surface area (Å²) >= 11 is 0. The topological polar surface area (TPSA) is 20.3 Å². The van der Waals surface area contributed by atoms with E-state index in [1.807, 2.05) is 4.90 Å². The van der Waals surface area contributed by atoms with Crippen molar-refractivity contribution in [1.29, 1.82) is 0 Å². The van der Waals surface area contributed by atoms with Gasteiger partial charge in [-0.3, -0.25) is 4.79 Å². The molecule has 0 radical (unpaired) electrons. The quantitative estimate of drug-likeness (QED) is 0.514. The second-order valence-electron chi connectivity index (χ2n) is 5.10. The molecule has 1 amide bonds. The molecular weight excluding hydrogens is 186 g/mol. The number of hydrogen-bond donors (Lipinski definition) is 0. The van der Waals surface area contributed by atoms with Crippen LogP contribution in [0, 0.1) is 17.8 Å². The fraction of sp³-hybridized carbons (Fsp3) is 0.769. The third-order valence-electron chi connectivity index (χ3n) is 3.18. The van der Waals surface area contributed by atoms with Crippen LogP contribution in [-0.4, -0.2) is 23.9 Å². The minimum absolute atomic E-state index is 0.303. The first-order valence-electron chi connectivity index (χ1n) is 5.76. The zero-order chi connectivity index (χ0) is 11.3. The van der Waals surface area contributed by atoms with Gasteiger partial charge in [0.15, 0.2) is 0 Å². The molecule has 2 heteroatoms. The van der Waals surface area contributed by atoms with Crippen LogP contribution < -0.4 is 0 Å². The smallest absolute Gasteiger partial charge is 0.222 e. The first-order chi connectivity index (χ1) is 7.05. The third kappa shape index (κ3) is 3.95. The molecule has 2 nitrogen and oxygen atoms in total. The molecule has 0 aromatic rings. The van der Waals surface area contributed by atoms with Gasteiger partial charge in [-0.15, -0.1) is 12.3 Å². The Morgan fingerprint density at radius 1 is 1.47 bits per heavy atom. The van der Waals surface area contributed by atoms with Crippen LogP contribution in [0.1, 0.15) is 46.0 Å². The van der Waals surface area contributed by atoms with Gasteiger partial charge >= 0.3 is 0 Å². The van der Waals surface area contributed by atoms with Crippen molar-refractivity contribution in [2.75, 3.05) is 13.1 Å². The maximum Gasteiger partial charge on any atom is 0.222 e. The summed E-state index contributed by atoms with van der Waals surface area (Å²) in [7, 11) is 0. The lowest BCUT2D eigenvalue weighted by Gasteiger charge is -2.23. The van der Waals surface area contributed by atoms with Gasteiger partial charge in [-0.05, 0) is 24.7 Å². The molecule has 1 aliphatic rings. The molecule has 0 aliphatic carbocycles. The molecule has 1 fully saturated rings. The Kier molecular flexibility index (Phi) is 4.20. The van der Waals surface area contributed by atoms with Gasteiger partial charge < -0.3 is 4.90 Å². The highest BCUT2D eigenvalue weighted by atomic mass is 16.2. The third-order valence-corrected chi connectivity index (χ3v) is 3.18. The van der Waals surface area contributed by atoms with Crippen molar-refractivity contribution in [3.8, 4) is 12.3 Å². The van der Waals surface area contributed by atoms with Gasteiger partial charge in [0.25, 0.3) is 0 Å². The number of nitrogens with zero attached hydrogens (tertiary/aromatic N) is 1. The summed E-state index contributed by atoms with van der Waals surface area (Å²) in [5.74, 6) is 2.92. The molecule has 15 heavy (non-hydrogen) atoms. The minimum atomic E-state index is 0.303. The van der Waals surface area contributed by atoms with Gasteiger partial charge in [-0.25, -0.2) is 0 Å². The van der Waals surface area contributed by atoms with Crippen molar-refractivity contribution >= 4 is 5.91 Å². The summed E-state index contributed by atoms with van der Waals surface area (Å²) in [4.78, 5) is 13.7. The molecule has 0 aromatic carbocycles. The van der Waals surface area contributed by atoms with Crippen molar-refractivity contribution in [3.63, 3.8) is 0 Å². The molecule has 0 bridgehead atoms. The molecule has 1 aliphatic heterocycles. The molecule has 1 heterocycles. The second-order valence-corrected chi connectivity index (χ2v) is 5.10. The van der Waals surface area contributed by atoms with E-state index in [0.717, 1.165) is 38.8 Å². The zero-order valence-corrected chi connectivity index (χ0v) is 9.88. The monoisotopic (exact) mass is 207 g/mol. The lowest BCUT2D eigenvalue weighted by atomic mass is 9.85. The van der Waals surface area contributed by atoms with Crippen LogP contribution in [0.3, 0.4) is 0 Å². The van der Waals surface area contributed by atoms with E-state index in [0.29, 0.717) is 17.7 Å². The number of rotatable bonds is 3. The Balaban J connectivity index is 2.44. The van der Waals surface area contributed by atoms with E-state index in [9.17, 15) is 4.79 Å². The summed E-state index contributed by atoms with van der Waals surface area (Å²) in [5, 5.41) is 0. The number of hydrogen-bond acceptors (Lipinski definition) is 1. The average Bonchev–Trinajstić information content (AvgIpc) is 2.31. The molecule has 0 spiro atoms. The normalized spacial score (nSPS) is 20.9. The van der Waals surface area contributed by atoms with Gasteiger partial charge in [0, 0.05) is 25.9 Å². The average molecular weight is 207 g/mol. The number of terminal acetylenes is 1. The predicted octanol–water partition coefficient (Wildman–Crippen LogP) is 2.44. The number of carbonyl (C=O) groups is 1. The van der Waals surface area contributed by atoms with Gasteiger partial charge in [-0.1, -0.05) is 13.8 Å². The van der Waals surface area contributed by atoms with Crippen LogP contribution in [0.15, 0.2) is 0 Å².